The molecule has 0 aliphatic carbocycles. The molecule has 0 unspecified atom stereocenters. The van der Waals surface area contributed by atoms with E-state index in [1.165, 1.54) is 5.56 Å². The van der Waals surface area contributed by atoms with E-state index in [1.807, 2.05) is 32.0 Å². The third kappa shape index (κ3) is 3.66. The van der Waals surface area contributed by atoms with Crippen LogP contribution in [-0.4, -0.2) is 0 Å². The molecule has 1 rings (SSSR count). The van der Waals surface area contributed by atoms with Crippen LogP contribution in [0.3, 0.4) is 0 Å². The van der Waals surface area contributed by atoms with Crippen LogP contribution in [0.5, 0.6) is 0 Å². The molecule has 0 aliphatic rings. The summed E-state index contributed by atoms with van der Waals surface area (Å²) in [6.07, 6.45) is 0. The standard InChI is InChI=1S/C9H12S.Na/c1-9(2,10)8-6-4-3-5-7-8;/h3-7,10H,1-2H3;/q;+1/p-1. The minimum absolute atomic E-state index is 0. The first-order valence-electron chi connectivity index (χ1n) is 3.36. The van der Waals surface area contributed by atoms with Gasteiger partial charge in [0, 0.05) is 0 Å². The Morgan fingerprint density at radius 2 is 1.55 bits per heavy atom. The minimum atomic E-state index is -0.124. The molecule has 0 amide bonds. The van der Waals surface area contributed by atoms with Crippen molar-refractivity contribution in [1.29, 1.82) is 0 Å². The number of hydrogen-bond acceptors (Lipinski definition) is 1. The van der Waals surface area contributed by atoms with Gasteiger partial charge in [0.2, 0.25) is 0 Å². The molecule has 0 radical (unpaired) electrons. The van der Waals surface area contributed by atoms with E-state index in [1.54, 1.807) is 0 Å². The summed E-state index contributed by atoms with van der Waals surface area (Å²) in [5.41, 5.74) is 1.21. The SMILES string of the molecule is CC(C)([S-])c1ccccc1.[Na+]. The van der Waals surface area contributed by atoms with E-state index in [0.29, 0.717) is 0 Å². The maximum absolute atomic E-state index is 5.25. The summed E-state index contributed by atoms with van der Waals surface area (Å²) < 4.78 is -0.124. The molecule has 0 saturated carbocycles. The van der Waals surface area contributed by atoms with Gasteiger partial charge >= 0.3 is 29.6 Å². The van der Waals surface area contributed by atoms with Gasteiger partial charge in [-0.25, -0.2) is 0 Å². The van der Waals surface area contributed by atoms with Crippen molar-refractivity contribution >= 4 is 12.6 Å². The van der Waals surface area contributed by atoms with Gasteiger partial charge in [-0.05, 0) is 0 Å². The van der Waals surface area contributed by atoms with Crippen molar-refractivity contribution in [3.63, 3.8) is 0 Å². The van der Waals surface area contributed by atoms with Crippen molar-refractivity contribution in [2.24, 2.45) is 0 Å². The van der Waals surface area contributed by atoms with Gasteiger partial charge in [-0.2, -0.15) is 0 Å². The fourth-order valence-electron chi connectivity index (χ4n) is 0.840. The Labute approximate surface area is 96.1 Å². The maximum atomic E-state index is 5.25. The molecule has 0 aliphatic heterocycles. The Morgan fingerprint density at radius 1 is 1.09 bits per heavy atom. The molecule has 0 aromatic heterocycles. The predicted molar refractivity (Wildman–Crippen MR) is 46.8 cm³/mol. The zero-order valence-corrected chi connectivity index (χ0v) is 10.1. The molecule has 0 bridgehead atoms. The Morgan fingerprint density at radius 3 is 1.82 bits per heavy atom. The van der Waals surface area contributed by atoms with E-state index in [2.05, 4.69) is 12.1 Å². The second kappa shape index (κ2) is 4.56. The summed E-state index contributed by atoms with van der Waals surface area (Å²) in [5.74, 6) is 0. The van der Waals surface area contributed by atoms with Crippen molar-refractivity contribution in [3.8, 4) is 0 Å². The molecule has 0 atom stereocenters. The first kappa shape index (κ1) is 11.6. The van der Waals surface area contributed by atoms with Crippen LogP contribution in [-0.2, 0) is 17.4 Å². The van der Waals surface area contributed by atoms with Crippen molar-refractivity contribution in [2.45, 2.75) is 18.6 Å². The molecule has 1 aromatic carbocycles. The number of benzene rings is 1. The third-order valence-electron chi connectivity index (χ3n) is 1.47. The molecule has 0 saturated heterocycles. The van der Waals surface area contributed by atoms with E-state index in [9.17, 15) is 0 Å². The second-order valence-electron chi connectivity index (χ2n) is 2.88. The summed E-state index contributed by atoms with van der Waals surface area (Å²) in [4.78, 5) is 0. The van der Waals surface area contributed by atoms with Gasteiger partial charge in [0.15, 0.2) is 0 Å². The Hall–Kier alpha value is 0.570. The molecular formula is C9H11NaS. The summed E-state index contributed by atoms with van der Waals surface area (Å²) in [6, 6.07) is 10.2. The first-order valence-corrected chi connectivity index (χ1v) is 3.77. The van der Waals surface area contributed by atoms with Crippen LogP contribution in [0.25, 0.3) is 0 Å². The van der Waals surface area contributed by atoms with Gasteiger partial charge in [0.25, 0.3) is 0 Å². The van der Waals surface area contributed by atoms with E-state index >= 15 is 0 Å². The molecule has 1 aromatic rings. The van der Waals surface area contributed by atoms with Crippen molar-refractivity contribution < 1.29 is 29.6 Å². The van der Waals surface area contributed by atoms with Crippen LogP contribution in [0.1, 0.15) is 19.4 Å². The molecule has 2 heteroatoms. The van der Waals surface area contributed by atoms with E-state index in [-0.39, 0.29) is 34.3 Å². The van der Waals surface area contributed by atoms with Gasteiger partial charge in [0.05, 0.1) is 0 Å². The van der Waals surface area contributed by atoms with E-state index < -0.39 is 0 Å². The molecule has 0 heterocycles. The van der Waals surface area contributed by atoms with Crippen LogP contribution in [0, 0.1) is 0 Å². The zero-order valence-electron chi connectivity index (χ0n) is 7.29. The Bertz CT molecular complexity index is 201. The van der Waals surface area contributed by atoms with Gasteiger partial charge in [-0.1, -0.05) is 49.7 Å². The Kier molecular flexibility index (Phi) is 4.80. The van der Waals surface area contributed by atoms with Gasteiger partial charge in [0.1, 0.15) is 0 Å². The fourth-order valence-corrected chi connectivity index (χ4v) is 0.976. The molecule has 0 nitrogen and oxygen atoms in total. The monoisotopic (exact) mass is 174 g/mol. The third-order valence-corrected chi connectivity index (χ3v) is 1.70. The van der Waals surface area contributed by atoms with Crippen molar-refractivity contribution in [1.82, 2.24) is 0 Å². The zero-order chi connectivity index (χ0) is 7.61. The second-order valence-corrected chi connectivity index (χ2v) is 3.90. The van der Waals surface area contributed by atoms with Crippen LogP contribution in [0.4, 0.5) is 0 Å². The first-order chi connectivity index (χ1) is 4.61. The van der Waals surface area contributed by atoms with Crippen molar-refractivity contribution in [2.75, 3.05) is 0 Å². The summed E-state index contributed by atoms with van der Waals surface area (Å²) >= 11 is 5.25. The van der Waals surface area contributed by atoms with Gasteiger partial charge in [-0.3, -0.25) is 0 Å². The summed E-state index contributed by atoms with van der Waals surface area (Å²) in [7, 11) is 0. The van der Waals surface area contributed by atoms with Gasteiger partial charge < -0.3 is 12.6 Å². The van der Waals surface area contributed by atoms with E-state index in [0.717, 1.165) is 0 Å². The largest absolute Gasteiger partial charge is 1.00 e. The molecule has 54 valence electrons. The quantitative estimate of drug-likeness (QED) is 0.407. The number of hydrogen-bond donors (Lipinski definition) is 0. The van der Waals surface area contributed by atoms with Crippen LogP contribution >= 0.6 is 0 Å². The molecule has 0 N–H and O–H groups in total. The van der Waals surface area contributed by atoms with Crippen LogP contribution < -0.4 is 29.6 Å². The molecular weight excluding hydrogens is 163 g/mol. The van der Waals surface area contributed by atoms with E-state index in [4.69, 9.17) is 12.6 Å². The normalized spacial score (nSPS) is 10.5. The predicted octanol–water partition coefficient (Wildman–Crippen LogP) is -0.527. The Balaban J connectivity index is 0.000001000. The smallest absolute Gasteiger partial charge is 0.782 e. The average molecular weight is 174 g/mol. The minimum Gasteiger partial charge on any atom is -0.782 e. The molecule has 0 spiro atoms. The maximum Gasteiger partial charge on any atom is 1.00 e. The van der Waals surface area contributed by atoms with Crippen LogP contribution in [0.15, 0.2) is 30.3 Å². The summed E-state index contributed by atoms with van der Waals surface area (Å²) in [6.45, 7) is 4.08. The van der Waals surface area contributed by atoms with Gasteiger partial charge in [-0.15, -0.1) is 4.75 Å². The fraction of sp³-hybridized carbons (Fsp3) is 0.333. The van der Waals surface area contributed by atoms with Crippen LogP contribution in [0.2, 0.25) is 0 Å². The molecule has 0 fully saturated rings. The van der Waals surface area contributed by atoms with Crippen molar-refractivity contribution in [3.05, 3.63) is 35.9 Å². The molecule has 11 heavy (non-hydrogen) atoms. The summed E-state index contributed by atoms with van der Waals surface area (Å²) in [5, 5.41) is 0. The number of rotatable bonds is 1. The topological polar surface area (TPSA) is 0 Å². The average Bonchev–Trinajstić information content (AvgIpc) is 1.88.